The van der Waals surface area contributed by atoms with Gasteiger partial charge < -0.3 is 14.3 Å². The lowest BCUT2D eigenvalue weighted by molar-refractivity contribution is -0.107. The molecule has 0 radical (unpaired) electrons. The zero-order valence-corrected chi connectivity index (χ0v) is 7.55. The van der Waals surface area contributed by atoms with Crippen molar-refractivity contribution >= 4 is 6.29 Å². The van der Waals surface area contributed by atoms with Gasteiger partial charge >= 0.3 is 0 Å². The Morgan fingerprint density at radius 1 is 1.29 bits per heavy atom. The van der Waals surface area contributed by atoms with Crippen molar-refractivity contribution in [3.05, 3.63) is 47.9 Å². The monoisotopic (exact) mass is 190 g/mol. The molecule has 3 nitrogen and oxygen atoms in total. The third-order valence-corrected chi connectivity index (χ3v) is 2.00. The van der Waals surface area contributed by atoms with Gasteiger partial charge in [-0.25, -0.2) is 0 Å². The van der Waals surface area contributed by atoms with Crippen molar-refractivity contribution in [1.82, 2.24) is 0 Å². The summed E-state index contributed by atoms with van der Waals surface area (Å²) >= 11 is 0. The average Bonchev–Trinajstić information content (AvgIpc) is 2.71. The summed E-state index contributed by atoms with van der Waals surface area (Å²) < 4.78 is 10.4. The third kappa shape index (κ3) is 1.76. The van der Waals surface area contributed by atoms with Gasteiger partial charge in [-0.3, -0.25) is 0 Å². The molecule has 0 unspecified atom stereocenters. The molecule has 1 aromatic carbocycles. The van der Waals surface area contributed by atoms with Crippen LogP contribution in [0.2, 0.25) is 0 Å². The van der Waals surface area contributed by atoms with E-state index in [-0.39, 0.29) is 6.29 Å². The van der Waals surface area contributed by atoms with E-state index in [4.69, 9.17) is 9.47 Å². The lowest BCUT2D eigenvalue weighted by atomic mass is 10.1. The fraction of sp³-hybridized carbons (Fsp3) is 0.182. The minimum atomic E-state index is -0.360. The zero-order valence-electron chi connectivity index (χ0n) is 7.55. The first kappa shape index (κ1) is 8.81. The van der Waals surface area contributed by atoms with Crippen LogP contribution in [0.1, 0.15) is 17.4 Å². The molecule has 0 spiro atoms. The molecule has 0 bridgehead atoms. The Morgan fingerprint density at radius 2 is 2.07 bits per heavy atom. The highest BCUT2D eigenvalue weighted by molar-refractivity contribution is 5.55. The van der Waals surface area contributed by atoms with Crippen LogP contribution in [-0.2, 0) is 20.7 Å². The van der Waals surface area contributed by atoms with Gasteiger partial charge in [0.2, 0.25) is 0 Å². The fourth-order valence-corrected chi connectivity index (χ4v) is 1.36. The first-order valence-electron chi connectivity index (χ1n) is 4.38. The largest absolute Gasteiger partial charge is 0.455 e. The Morgan fingerprint density at radius 3 is 2.79 bits per heavy atom. The van der Waals surface area contributed by atoms with Crippen molar-refractivity contribution < 1.29 is 14.3 Å². The summed E-state index contributed by atoms with van der Waals surface area (Å²) in [6.07, 6.45) is 3.97. The van der Waals surface area contributed by atoms with Crippen molar-refractivity contribution in [2.45, 2.75) is 12.7 Å². The molecule has 0 amide bonds. The zero-order chi connectivity index (χ0) is 9.80. The summed E-state index contributed by atoms with van der Waals surface area (Å²) in [5.74, 6) is 0. The maximum atomic E-state index is 10.3. The Labute approximate surface area is 81.9 Å². The van der Waals surface area contributed by atoms with Crippen LogP contribution in [0.5, 0.6) is 0 Å². The van der Waals surface area contributed by atoms with E-state index in [1.54, 1.807) is 0 Å². The molecule has 72 valence electrons. The molecular formula is C11H10O3. The van der Waals surface area contributed by atoms with Gasteiger partial charge in [-0.05, 0) is 11.6 Å². The number of hydrogen-bond donors (Lipinski definition) is 0. The van der Waals surface area contributed by atoms with Gasteiger partial charge in [-0.1, -0.05) is 18.2 Å². The van der Waals surface area contributed by atoms with Gasteiger partial charge in [0.25, 0.3) is 6.29 Å². The van der Waals surface area contributed by atoms with E-state index < -0.39 is 0 Å². The molecule has 2 rings (SSSR count). The molecule has 14 heavy (non-hydrogen) atoms. The standard InChI is InChI=1S/C11H10O3/c12-5-4-9-2-1-3-10(8-9)11-13-6-7-14-11/h1-3,5-8,11H,4H2. The second kappa shape index (κ2) is 3.96. The van der Waals surface area contributed by atoms with Gasteiger partial charge in [0.05, 0.1) is 0 Å². The number of ether oxygens (including phenoxy) is 2. The molecule has 0 aliphatic carbocycles. The van der Waals surface area contributed by atoms with Crippen molar-refractivity contribution in [2.75, 3.05) is 0 Å². The first-order valence-corrected chi connectivity index (χ1v) is 4.38. The topological polar surface area (TPSA) is 35.5 Å². The van der Waals surface area contributed by atoms with Crippen LogP contribution in [0, 0.1) is 0 Å². The predicted octanol–water partition coefficient (Wildman–Crippen LogP) is 1.94. The summed E-state index contributed by atoms with van der Waals surface area (Å²) in [6.45, 7) is 0. The van der Waals surface area contributed by atoms with Crippen LogP contribution in [0.4, 0.5) is 0 Å². The maximum absolute atomic E-state index is 10.3. The fourth-order valence-electron chi connectivity index (χ4n) is 1.36. The van der Waals surface area contributed by atoms with Gasteiger partial charge in [0, 0.05) is 12.0 Å². The van der Waals surface area contributed by atoms with Gasteiger partial charge in [-0.2, -0.15) is 0 Å². The summed E-state index contributed by atoms with van der Waals surface area (Å²) in [7, 11) is 0. The number of carbonyl (C=O) groups excluding carboxylic acids is 1. The minimum Gasteiger partial charge on any atom is -0.455 e. The molecule has 1 aliphatic rings. The van der Waals surface area contributed by atoms with Gasteiger partial charge in [0.1, 0.15) is 18.8 Å². The molecule has 1 aliphatic heterocycles. The van der Waals surface area contributed by atoms with Gasteiger partial charge in [-0.15, -0.1) is 0 Å². The highest BCUT2D eigenvalue weighted by Gasteiger charge is 2.14. The number of hydrogen-bond acceptors (Lipinski definition) is 3. The Bertz CT molecular complexity index is 349. The molecule has 0 aromatic heterocycles. The quantitative estimate of drug-likeness (QED) is 0.683. The summed E-state index contributed by atoms with van der Waals surface area (Å²) in [6, 6.07) is 7.61. The van der Waals surface area contributed by atoms with Crippen LogP contribution in [0.3, 0.4) is 0 Å². The molecule has 1 heterocycles. The van der Waals surface area contributed by atoms with E-state index in [2.05, 4.69) is 0 Å². The summed E-state index contributed by atoms with van der Waals surface area (Å²) in [4.78, 5) is 10.3. The van der Waals surface area contributed by atoms with Crippen LogP contribution in [0.25, 0.3) is 0 Å². The Balaban J connectivity index is 2.17. The second-order valence-corrected chi connectivity index (χ2v) is 2.99. The highest BCUT2D eigenvalue weighted by atomic mass is 16.7. The average molecular weight is 190 g/mol. The SMILES string of the molecule is O=CCc1cccc(C2OC=CO2)c1. The van der Waals surface area contributed by atoms with Crippen molar-refractivity contribution in [3.8, 4) is 0 Å². The lowest BCUT2D eigenvalue weighted by Gasteiger charge is -2.10. The number of carbonyl (C=O) groups is 1. The molecule has 1 aromatic rings. The van der Waals surface area contributed by atoms with Crippen LogP contribution in [-0.4, -0.2) is 6.29 Å². The number of aldehydes is 1. The van der Waals surface area contributed by atoms with E-state index in [1.807, 2.05) is 24.3 Å². The molecule has 0 saturated carbocycles. The third-order valence-electron chi connectivity index (χ3n) is 2.00. The minimum absolute atomic E-state index is 0.360. The van der Waals surface area contributed by atoms with Crippen molar-refractivity contribution in [2.24, 2.45) is 0 Å². The maximum Gasteiger partial charge on any atom is 0.266 e. The van der Waals surface area contributed by atoms with Crippen LogP contribution >= 0.6 is 0 Å². The summed E-state index contributed by atoms with van der Waals surface area (Å²) in [5.41, 5.74) is 1.89. The summed E-state index contributed by atoms with van der Waals surface area (Å²) in [5, 5.41) is 0. The number of rotatable bonds is 3. The molecule has 0 saturated heterocycles. The van der Waals surface area contributed by atoms with Crippen molar-refractivity contribution in [3.63, 3.8) is 0 Å². The van der Waals surface area contributed by atoms with Crippen molar-refractivity contribution in [1.29, 1.82) is 0 Å². The Hall–Kier alpha value is -1.77. The van der Waals surface area contributed by atoms with Crippen LogP contribution < -0.4 is 0 Å². The normalized spacial score (nSPS) is 14.9. The molecular weight excluding hydrogens is 180 g/mol. The molecule has 0 fully saturated rings. The Kier molecular flexibility index (Phi) is 2.49. The van der Waals surface area contributed by atoms with E-state index in [0.29, 0.717) is 6.42 Å². The van der Waals surface area contributed by atoms with E-state index in [9.17, 15) is 4.79 Å². The highest BCUT2D eigenvalue weighted by Crippen LogP contribution is 2.24. The molecule has 3 heteroatoms. The molecule has 0 atom stereocenters. The first-order chi connectivity index (χ1) is 6.90. The van der Waals surface area contributed by atoms with E-state index in [0.717, 1.165) is 17.4 Å². The van der Waals surface area contributed by atoms with E-state index >= 15 is 0 Å². The lowest BCUT2D eigenvalue weighted by Crippen LogP contribution is -1.98. The second-order valence-electron chi connectivity index (χ2n) is 2.99. The van der Waals surface area contributed by atoms with Crippen LogP contribution in [0.15, 0.2) is 36.8 Å². The number of benzene rings is 1. The van der Waals surface area contributed by atoms with E-state index in [1.165, 1.54) is 12.5 Å². The predicted molar refractivity (Wildman–Crippen MR) is 50.3 cm³/mol. The molecule has 0 N–H and O–H groups in total. The van der Waals surface area contributed by atoms with Gasteiger partial charge in [0.15, 0.2) is 0 Å². The smallest absolute Gasteiger partial charge is 0.266 e.